The van der Waals surface area contributed by atoms with E-state index in [1.807, 2.05) is 18.2 Å². The highest BCUT2D eigenvalue weighted by atomic mass is 16.5. The molecule has 1 aromatic heterocycles. The summed E-state index contributed by atoms with van der Waals surface area (Å²) in [4.78, 5) is 17.3. The Morgan fingerprint density at radius 2 is 1.94 bits per heavy atom. The number of aromatic hydroxyl groups is 1. The Hall–Kier alpha value is -3.87. The zero-order chi connectivity index (χ0) is 24.2. The van der Waals surface area contributed by atoms with Crippen LogP contribution in [0.15, 0.2) is 79.0 Å². The summed E-state index contributed by atoms with van der Waals surface area (Å²) in [7, 11) is 0. The highest BCUT2D eigenvalue weighted by Crippen LogP contribution is 2.37. The maximum Gasteiger partial charge on any atom is 0.267 e. The van der Waals surface area contributed by atoms with Crippen LogP contribution in [0.4, 0.5) is 0 Å². The van der Waals surface area contributed by atoms with E-state index in [0.29, 0.717) is 6.04 Å². The van der Waals surface area contributed by atoms with E-state index < -0.39 is 5.91 Å². The van der Waals surface area contributed by atoms with Crippen molar-refractivity contribution in [3.63, 3.8) is 0 Å². The molecule has 1 aliphatic rings. The molecule has 0 saturated heterocycles. The van der Waals surface area contributed by atoms with Gasteiger partial charge in [-0.15, -0.1) is 0 Å². The number of phenolic OH excluding ortho intramolecular Hbond substituents is 1. The summed E-state index contributed by atoms with van der Waals surface area (Å²) in [6.07, 6.45) is 8.10. The van der Waals surface area contributed by atoms with E-state index >= 15 is 0 Å². The third-order valence-electron chi connectivity index (χ3n) is 6.86. The number of fused-ring (bicyclic) bond motifs is 2. The molecule has 0 spiro atoms. The van der Waals surface area contributed by atoms with Gasteiger partial charge in [0.2, 0.25) is 0 Å². The van der Waals surface area contributed by atoms with Gasteiger partial charge in [0, 0.05) is 42.3 Å². The average Bonchev–Trinajstić information content (AvgIpc) is 3.50. The minimum absolute atomic E-state index is 0.278. The molecule has 0 radical (unpaired) electrons. The third kappa shape index (κ3) is 5.14. The van der Waals surface area contributed by atoms with Crippen LogP contribution in [-0.2, 0) is 24.2 Å². The van der Waals surface area contributed by atoms with Crippen LogP contribution in [-0.4, -0.2) is 32.6 Å². The largest absolute Gasteiger partial charge is 0.508 e. The second kappa shape index (κ2) is 10.2. The van der Waals surface area contributed by atoms with E-state index in [1.54, 1.807) is 23.7 Å². The van der Waals surface area contributed by atoms with Crippen LogP contribution in [0.2, 0.25) is 0 Å². The van der Waals surface area contributed by atoms with Crippen LogP contribution in [0.5, 0.6) is 5.75 Å². The van der Waals surface area contributed by atoms with Gasteiger partial charge in [0.1, 0.15) is 5.75 Å². The molecule has 0 fully saturated rings. The number of benzene rings is 3. The summed E-state index contributed by atoms with van der Waals surface area (Å²) >= 11 is 0. The van der Waals surface area contributed by atoms with Crippen LogP contribution in [0.25, 0.3) is 17.0 Å². The Bertz CT molecular complexity index is 1360. The lowest BCUT2D eigenvalue weighted by Gasteiger charge is -2.30. The van der Waals surface area contributed by atoms with Crippen LogP contribution in [0.1, 0.15) is 40.3 Å². The summed E-state index contributed by atoms with van der Waals surface area (Å²) in [6, 6.07) is 22.5. The molecular weight excluding hydrogens is 438 g/mol. The molecule has 3 aromatic carbocycles. The van der Waals surface area contributed by atoms with Crippen LogP contribution >= 0.6 is 0 Å². The van der Waals surface area contributed by atoms with Gasteiger partial charge in [0.05, 0.1) is 0 Å². The van der Waals surface area contributed by atoms with E-state index in [9.17, 15) is 9.90 Å². The van der Waals surface area contributed by atoms with E-state index in [0.717, 1.165) is 43.4 Å². The maximum atomic E-state index is 11.3. The lowest BCUT2D eigenvalue weighted by atomic mass is 10.0. The number of hydroxylamine groups is 1. The predicted molar refractivity (Wildman–Crippen MR) is 137 cm³/mol. The summed E-state index contributed by atoms with van der Waals surface area (Å²) in [6.45, 7) is 1.70. The first-order chi connectivity index (χ1) is 17.1. The van der Waals surface area contributed by atoms with Gasteiger partial charge < -0.3 is 10.1 Å². The third-order valence-corrected chi connectivity index (χ3v) is 6.86. The van der Waals surface area contributed by atoms with E-state index in [1.165, 1.54) is 33.7 Å². The van der Waals surface area contributed by atoms with Crippen LogP contribution < -0.4 is 5.48 Å². The molecule has 0 aliphatic heterocycles. The smallest absolute Gasteiger partial charge is 0.267 e. The number of aromatic nitrogens is 1. The number of nitrogens with one attached hydrogen (secondary N) is 2. The number of carbonyl (C=O) groups is 1. The predicted octanol–water partition coefficient (Wildman–Crippen LogP) is 5.12. The minimum Gasteiger partial charge on any atom is -0.508 e. The number of aryl methyl sites for hydroxylation is 1. The number of phenols is 1. The lowest BCUT2D eigenvalue weighted by molar-refractivity contribution is -0.124. The molecule has 6 heteroatoms. The van der Waals surface area contributed by atoms with Crippen molar-refractivity contribution in [1.29, 1.82) is 0 Å². The second-order valence-corrected chi connectivity index (χ2v) is 9.07. The van der Waals surface area contributed by atoms with Crippen LogP contribution in [0, 0.1) is 0 Å². The Morgan fingerprint density at radius 3 is 2.77 bits per heavy atom. The Balaban J connectivity index is 1.39. The highest BCUT2D eigenvalue weighted by Gasteiger charge is 2.28. The van der Waals surface area contributed by atoms with Crippen molar-refractivity contribution in [2.24, 2.45) is 0 Å². The Labute approximate surface area is 204 Å². The molecule has 5 rings (SSSR count). The van der Waals surface area contributed by atoms with Gasteiger partial charge in [-0.25, -0.2) is 5.48 Å². The van der Waals surface area contributed by atoms with E-state index in [-0.39, 0.29) is 5.75 Å². The number of aromatic amines is 1. The molecule has 0 saturated carbocycles. The molecule has 6 nitrogen and oxygen atoms in total. The molecule has 1 aliphatic carbocycles. The standard InChI is InChI=1S/C29H29N3O3/c33-24-10-5-21(6-11-24)19-32(16-15-23-18-30-27-4-2-1-3-25(23)27)28-13-9-22-17-20(7-12-26(22)28)8-14-29(34)31-35/h1-8,10-12,14,17-18,28,30,33,35H,9,13,15-16,19H2,(H,31,34)/b14-8+/t28-/m1/s1. The van der Waals surface area contributed by atoms with Gasteiger partial charge >= 0.3 is 0 Å². The monoisotopic (exact) mass is 467 g/mol. The molecule has 1 amide bonds. The minimum atomic E-state index is -0.541. The van der Waals surface area contributed by atoms with Crippen molar-refractivity contribution in [3.05, 3.63) is 107 Å². The van der Waals surface area contributed by atoms with Crippen molar-refractivity contribution in [2.45, 2.75) is 31.8 Å². The number of H-pyrrole nitrogens is 1. The fourth-order valence-electron chi connectivity index (χ4n) is 5.09. The number of carbonyl (C=O) groups excluding carboxylic acids is 1. The normalized spacial score (nSPS) is 15.2. The number of nitrogens with zero attached hydrogens (tertiary/aromatic N) is 1. The molecule has 1 heterocycles. The van der Waals surface area contributed by atoms with Crippen molar-refractivity contribution in [2.75, 3.05) is 6.54 Å². The summed E-state index contributed by atoms with van der Waals surface area (Å²) in [5, 5.41) is 19.7. The number of para-hydroxylation sites is 1. The molecule has 178 valence electrons. The van der Waals surface area contributed by atoms with Crippen molar-refractivity contribution < 1.29 is 15.1 Å². The molecule has 4 aromatic rings. The SMILES string of the molecule is O=C(/C=C/c1ccc2c(c1)CC[C@H]2N(CCc1c[nH]c2ccccc12)Cc1ccc(O)cc1)NO. The van der Waals surface area contributed by atoms with Gasteiger partial charge in [-0.05, 0) is 71.4 Å². The molecule has 1 atom stereocenters. The quantitative estimate of drug-likeness (QED) is 0.164. The fourth-order valence-corrected chi connectivity index (χ4v) is 5.09. The highest BCUT2D eigenvalue weighted by molar-refractivity contribution is 5.90. The number of rotatable bonds is 8. The zero-order valence-electron chi connectivity index (χ0n) is 19.4. The topological polar surface area (TPSA) is 88.6 Å². The molecule has 0 unspecified atom stereocenters. The molecule has 4 N–H and O–H groups in total. The van der Waals surface area contributed by atoms with Gasteiger partial charge in [0.25, 0.3) is 5.91 Å². The van der Waals surface area contributed by atoms with Gasteiger partial charge in [-0.2, -0.15) is 0 Å². The summed E-state index contributed by atoms with van der Waals surface area (Å²) in [5.41, 5.74) is 8.83. The molecule has 0 bridgehead atoms. The number of amides is 1. The van der Waals surface area contributed by atoms with Crippen molar-refractivity contribution in [1.82, 2.24) is 15.4 Å². The maximum absolute atomic E-state index is 11.3. The molecule has 35 heavy (non-hydrogen) atoms. The fraction of sp³-hybridized carbons (Fsp3) is 0.207. The first-order valence-electron chi connectivity index (χ1n) is 11.9. The number of hydrogen-bond acceptors (Lipinski definition) is 4. The number of hydrogen-bond donors (Lipinski definition) is 4. The summed E-state index contributed by atoms with van der Waals surface area (Å²) < 4.78 is 0. The Morgan fingerprint density at radius 1 is 1.11 bits per heavy atom. The lowest BCUT2D eigenvalue weighted by Crippen LogP contribution is -2.29. The van der Waals surface area contributed by atoms with Gasteiger partial charge in [-0.1, -0.05) is 48.5 Å². The Kier molecular flexibility index (Phi) is 6.66. The van der Waals surface area contributed by atoms with Crippen LogP contribution in [0.3, 0.4) is 0 Å². The first kappa shape index (κ1) is 22.9. The average molecular weight is 468 g/mol. The van der Waals surface area contributed by atoms with Gasteiger partial charge in [-0.3, -0.25) is 14.9 Å². The first-order valence-corrected chi connectivity index (χ1v) is 11.9. The molecular formula is C29H29N3O3. The van der Waals surface area contributed by atoms with Crippen molar-refractivity contribution in [3.8, 4) is 5.75 Å². The summed E-state index contributed by atoms with van der Waals surface area (Å²) in [5.74, 6) is -0.263. The van der Waals surface area contributed by atoms with E-state index in [2.05, 4.69) is 52.5 Å². The zero-order valence-corrected chi connectivity index (χ0v) is 19.4. The van der Waals surface area contributed by atoms with Gasteiger partial charge in [0.15, 0.2) is 0 Å². The van der Waals surface area contributed by atoms with Crippen molar-refractivity contribution >= 4 is 22.9 Å². The van der Waals surface area contributed by atoms with E-state index in [4.69, 9.17) is 5.21 Å². The second-order valence-electron chi connectivity index (χ2n) is 9.07.